The molecule has 0 aliphatic rings. The number of aromatic hydroxyl groups is 1. The minimum Gasteiger partial charge on any atom is -0.509 e. The molecule has 2 nitrogen and oxygen atoms in total. The van der Waals surface area contributed by atoms with E-state index in [0.717, 1.165) is 11.1 Å². The SMILES string of the molecule is C=C(O)/C=C\C(=C)c1ccc(O)cc1.CC. The van der Waals surface area contributed by atoms with Crippen molar-refractivity contribution in [3.05, 3.63) is 60.9 Å². The van der Waals surface area contributed by atoms with Gasteiger partial charge in [0.15, 0.2) is 0 Å². The molecule has 0 spiro atoms. The molecule has 0 saturated carbocycles. The Hall–Kier alpha value is -1.96. The molecule has 1 rings (SSSR count). The average Bonchev–Trinajstić information content (AvgIpc) is 2.29. The van der Waals surface area contributed by atoms with Crippen molar-refractivity contribution in [3.8, 4) is 5.75 Å². The van der Waals surface area contributed by atoms with Gasteiger partial charge in [-0.1, -0.05) is 45.2 Å². The van der Waals surface area contributed by atoms with Crippen LogP contribution in [0.5, 0.6) is 5.75 Å². The molecule has 16 heavy (non-hydrogen) atoms. The maximum absolute atomic E-state index is 9.05. The van der Waals surface area contributed by atoms with Gasteiger partial charge in [-0.25, -0.2) is 0 Å². The smallest absolute Gasteiger partial charge is 0.115 e. The summed E-state index contributed by atoms with van der Waals surface area (Å²) in [6, 6.07) is 6.68. The first-order valence-corrected chi connectivity index (χ1v) is 5.14. The predicted octanol–water partition coefficient (Wildman–Crippen LogP) is 4.06. The molecular formula is C14H18O2. The molecule has 2 N–H and O–H groups in total. The van der Waals surface area contributed by atoms with Crippen LogP contribution in [0.1, 0.15) is 19.4 Å². The largest absolute Gasteiger partial charge is 0.509 e. The molecule has 1 aromatic rings. The standard InChI is InChI=1S/C12H12O2.C2H6/c1-9(3-4-10(2)13)11-5-7-12(14)8-6-11;1-2/h3-8,13-14H,1-2H2;1-2H3/b4-3-;. The Kier molecular flexibility index (Phi) is 6.45. The molecule has 0 bridgehead atoms. The third kappa shape index (κ3) is 5.05. The Bertz CT molecular complexity index is 372. The van der Waals surface area contributed by atoms with E-state index in [4.69, 9.17) is 10.2 Å². The molecule has 0 heterocycles. The molecule has 2 heteroatoms. The van der Waals surface area contributed by atoms with Crippen LogP contribution in [0.15, 0.2) is 55.3 Å². The summed E-state index contributed by atoms with van der Waals surface area (Å²) < 4.78 is 0. The minimum atomic E-state index is -0.00933. The van der Waals surface area contributed by atoms with Crippen LogP contribution in [0.25, 0.3) is 5.57 Å². The quantitative estimate of drug-likeness (QED) is 0.593. The van der Waals surface area contributed by atoms with Gasteiger partial charge in [0.25, 0.3) is 0 Å². The van der Waals surface area contributed by atoms with E-state index >= 15 is 0 Å². The number of hydrogen-bond acceptors (Lipinski definition) is 2. The first kappa shape index (κ1) is 14.0. The zero-order chi connectivity index (χ0) is 12.6. The highest BCUT2D eigenvalue weighted by molar-refractivity contribution is 5.72. The lowest BCUT2D eigenvalue weighted by molar-refractivity contribution is 0.435. The first-order chi connectivity index (χ1) is 7.59. The van der Waals surface area contributed by atoms with Crippen molar-refractivity contribution in [2.45, 2.75) is 13.8 Å². The molecule has 0 aromatic heterocycles. The number of phenols is 1. The van der Waals surface area contributed by atoms with Crippen LogP contribution >= 0.6 is 0 Å². The number of aliphatic hydroxyl groups is 1. The molecule has 0 fully saturated rings. The molecule has 86 valence electrons. The van der Waals surface area contributed by atoms with Crippen LogP contribution in [0.3, 0.4) is 0 Å². The van der Waals surface area contributed by atoms with E-state index in [1.165, 1.54) is 6.08 Å². The predicted molar refractivity (Wildman–Crippen MR) is 69.4 cm³/mol. The number of rotatable bonds is 3. The zero-order valence-electron chi connectivity index (χ0n) is 9.77. The van der Waals surface area contributed by atoms with Gasteiger partial charge in [-0.15, -0.1) is 0 Å². The third-order valence-electron chi connectivity index (χ3n) is 1.72. The molecule has 0 radical (unpaired) electrons. The van der Waals surface area contributed by atoms with Crippen molar-refractivity contribution < 1.29 is 10.2 Å². The number of hydrogen-bond donors (Lipinski definition) is 2. The molecule has 0 saturated heterocycles. The van der Waals surface area contributed by atoms with E-state index in [0.29, 0.717) is 0 Å². The second-order valence-electron chi connectivity index (χ2n) is 2.90. The molecular weight excluding hydrogens is 200 g/mol. The van der Waals surface area contributed by atoms with Gasteiger partial charge >= 0.3 is 0 Å². The summed E-state index contributed by atoms with van der Waals surface area (Å²) in [5, 5.41) is 17.9. The van der Waals surface area contributed by atoms with Crippen molar-refractivity contribution in [2.75, 3.05) is 0 Å². The second kappa shape index (κ2) is 7.35. The van der Waals surface area contributed by atoms with Gasteiger partial charge in [0.2, 0.25) is 0 Å². The lowest BCUT2D eigenvalue weighted by Gasteiger charge is -1.99. The maximum atomic E-state index is 9.05. The third-order valence-corrected chi connectivity index (χ3v) is 1.72. The maximum Gasteiger partial charge on any atom is 0.115 e. The van der Waals surface area contributed by atoms with E-state index in [1.54, 1.807) is 30.3 Å². The van der Waals surface area contributed by atoms with Crippen LogP contribution in [-0.2, 0) is 0 Å². The summed E-state index contributed by atoms with van der Waals surface area (Å²) in [5.41, 5.74) is 1.64. The molecule has 0 amide bonds. The van der Waals surface area contributed by atoms with Gasteiger partial charge in [-0.3, -0.25) is 0 Å². The summed E-state index contributed by atoms with van der Waals surface area (Å²) in [6.07, 6.45) is 3.13. The lowest BCUT2D eigenvalue weighted by atomic mass is 10.1. The fourth-order valence-corrected chi connectivity index (χ4v) is 0.969. The van der Waals surface area contributed by atoms with Crippen molar-refractivity contribution in [1.82, 2.24) is 0 Å². The summed E-state index contributed by atoms with van der Waals surface area (Å²) in [7, 11) is 0. The summed E-state index contributed by atoms with van der Waals surface area (Å²) >= 11 is 0. The van der Waals surface area contributed by atoms with E-state index in [2.05, 4.69) is 13.2 Å². The van der Waals surface area contributed by atoms with Crippen molar-refractivity contribution >= 4 is 5.57 Å². The minimum absolute atomic E-state index is 0.00933. The van der Waals surface area contributed by atoms with Gasteiger partial charge < -0.3 is 10.2 Å². The second-order valence-corrected chi connectivity index (χ2v) is 2.90. The number of aliphatic hydroxyl groups excluding tert-OH is 1. The fraction of sp³-hybridized carbons (Fsp3) is 0.143. The van der Waals surface area contributed by atoms with Crippen molar-refractivity contribution in [2.24, 2.45) is 0 Å². The van der Waals surface area contributed by atoms with Gasteiger partial charge in [0.05, 0.1) is 0 Å². The Labute approximate surface area is 96.9 Å². The lowest BCUT2D eigenvalue weighted by Crippen LogP contribution is -1.78. The molecule has 0 aliphatic carbocycles. The van der Waals surface area contributed by atoms with E-state index in [9.17, 15) is 0 Å². The average molecular weight is 218 g/mol. The Morgan fingerprint density at radius 2 is 1.56 bits per heavy atom. The molecule has 0 unspecified atom stereocenters. The van der Waals surface area contributed by atoms with Crippen LogP contribution in [0.2, 0.25) is 0 Å². The molecule has 0 aliphatic heterocycles. The number of phenolic OH excluding ortho intramolecular Hbond substituents is 1. The van der Waals surface area contributed by atoms with E-state index in [1.807, 2.05) is 13.8 Å². The molecule has 1 aromatic carbocycles. The summed E-state index contributed by atoms with van der Waals surface area (Å²) in [5.74, 6) is 0.210. The Morgan fingerprint density at radius 1 is 1.06 bits per heavy atom. The summed E-state index contributed by atoms with van der Waals surface area (Å²) in [4.78, 5) is 0. The van der Waals surface area contributed by atoms with Crippen LogP contribution in [-0.4, -0.2) is 10.2 Å². The highest BCUT2D eigenvalue weighted by Crippen LogP contribution is 2.17. The van der Waals surface area contributed by atoms with E-state index < -0.39 is 0 Å². The molecule has 0 atom stereocenters. The normalized spacial score (nSPS) is 9.38. The van der Waals surface area contributed by atoms with Gasteiger partial charge in [0, 0.05) is 0 Å². The van der Waals surface area contributed by atoms with Crippen molar-refractivity contribution in [3.63, 3.8) is 0 Å². The first-order valence-electron chi connectivity index (χ1n) is 5.14. The van der Waals surface area contributed by atoms with Crippen molar-refractivity contribution in [1.29, 1.82) is 0 Å². The highest BCUT2D eigenvalue weighted by atomic mass is 16.3. The van der Waals surface area contributed by atoms with Crippen LogP contribution in [0, 0.1) is 0 Å². The Balaban J connectivity index is 0.00000106. The number of allylic oxidation sites excluding steroid dienone is 3. The monoisotopic (exact) mass is 218 g/mol. The summed E-state index contributed by atoms with van der Waals surface area (Å²) in [6.45, 7) is 11.1. The number of benzene rings is 1. The topological polar surface area (TPSA) is 40.5 Å². The van der Waals surface area contributed by atoms with Gasteiger partial charge in [0.1, 0.15) is 11.5 Å². The van der Waals surface area contributed by atoms with Crippen LogP contribution < -0.4 is 0 Å². The van der Waals surface area contributed by atoms with Gasteiger partial charge in [-0.05, 0) is 29.3 Å². The van der Waals surface area contributed by atoms with Crippen LogP contribution in [0.4, 0.5) is 0 Å². The van der Waals surface area contributed by atoms with E-state index in [-0.39, 0.29) is 11.5 Å². The fourth-order valence-electron chi connectivity index (χ4n) is 0.969. The van der Waals surface area contributed by atoms with Gasteiger partial charge in [-0.2, -0.15) is 0 Å². The Morgan fingerprint density at radius 3 is 2.00 bits per heavy atom. The zero-order valence-corrected chi connectivity index (χ0v) is 9.77. The highest BCUT2D eigenvalue weighted by Gasteiger charge is 1.94.